The van der Waals surface area contributed by atoms with E-state index < -0.39 is 94.7 Å². The number of fused-ring (bicyclic) bond motifs is 1. The molecule has 72 heavy (non-hydrogen) atoms. The van der Waals surface area contributed by atoms with Crippen molar-refractivity contribution >= 4 is 62.7 Å². The van der Waals surface area contributed by atoms with Gasteiger partial charge in [-0.05, 0) is 46.4 Å². The summed E-state index contributed by atoms with van der Waals surface area (Å²) in [7, 11) is 5.22. The van der Waals surface area contributed by atoms with Crippen LogP contribution < -0.4 is 20.8 Å². The number of aliphatic hydroxyl groups is 2. The number of rotatable bonds is 11. The molecule has 0 radical (unpaired) electrons. The van der Waals surface area contributed by atoms with Crippen molar-refractivity contribution in [2.75, 3.05) is 59.3 Å². The van der Waals surface area contributed by atoms with Crippen LogP contribution in [0.3, 0.4) is 0 Å². The lowest BCUT2D eigenvalue weighted by Gasteiger charge is -2.38. The predicted octanol–water partition coefficient (Wildman–Crippen LogP) is 4.79. The number of phenols is 2. The average Bonchev–Trinajstić information content (AvgIpc) is 3.86. The van der Waals surface area contributed by atoms with Crippen molar-refractivity contribution in [3.63, 3.8) is 0 Å². The second kappa shape index (κ2) is 23.4. The number of carbonyl (C=O) groups is 4. The van der Waals surface area contributed by atoms with Crippen molar-refractivity contribution in [2.45, 2.75) is 120 Å². The maximum Gasteiger partial charge on any atom is 0.383 e. The number of nitrogens with zero attached hydrogens (tertiary/aromatic N) is 4. The van der Waals surface area contributed by atoms with Crippen molar-refractivity contribution in [1.29, 1.82) is 0 Å². The zero-order valence-electron chi connectivity index (χ0n) is 42.9. The first-order chi connectivity index (χ1) is 34.0. The average molecular weight is 1110 g/mol. The largest absolute Gasteiger partial charge is 0.507 e. The smallest absolute Gasteiger partial charge is 0.383 e. The van der Waals surface area contributed by atoms with Crippen molar-refractivity contribution in [3.8, 4) is 29.6 Å². The monoisotopic (exact) mass is 1110 g/mol. The van der Waals surface area contributed by atoms with Crippen molar-refractivity contribution in [3.05, 3.63) is 58.0 Å². The molecule has 5 N–H and O–H groups in total. The summed E-state index contributed by atoms with van der Waals surface area (Å²) >= 11 is 2.39. The fraction of sp³-hybridized carbons (Fsp3) is 0.585. The molecule has 6 rings (SSSR count). The van der Waals surface area contributed by atoms with Gasteiger partial charge in [-0.3, -0.25) is 24.2 Å². The molecule has 4 aliphatic heterocycles. The van der Waals surface area contributed by atoms with Crippen LogP contribution in [0.25, 0.3) is 10.8 Å². The van der Waals surface area contributed by atoms with E-state index in [1.54, 1.807) is 39.8 Å². The van der Waals surface area contributed by atoms with Crippen LogP contribution in [0.1, 0.15) is 89.6 Å². The van der Waals surface area contributed by atoms with Gasteiger partial charge in [-0.2, -0.15) is 0 Å². The van der Waals surface area contributed by atoms with Gasteiger partial charge in [0.2, 0.25) is 0 Å². The summed E-state index contributed by atoms with van der Waals surface area (Å²) < 4.78 is 30.0. The van der Waals surface area contributed by atoms with Gasteiger partial charge >= 0.3 is 17.7 Å². The van der Waals surface area contributed by atoms with Crippen LogP contribution in [-0.2, 0) is 33.3 Å². The highest BCUT2D eigenvalue weighted by Crippen LogP contribution is 2.51. The summed E-state index contributed by atoms with van der Waals surface area (Å²) in [6.07, 6.45) is 10.2. The van der Waals surface area contributed by atoms with E-state index in [0.29, 0.717) is 42.8 Å². The third kappa shape index (κ3) is 11.8. The number of nitrogens with one attached hydrogen (secondary N) is 1. The van der Waals surface area contributed by atoms with Gasteiger partial charge in [-0.25, -0.2) is 4.99 Å². The summed E-state index contributed by atoms with van der Waals surface area (Å²) in [5.74, 6) is -7.02. The Balaban J connectivity index is 1.45. The number of amides is 1. The fourth-order valence-electron chi connectivity index (χ4n) is 9.92. The first-order valence-corrected chi connectivity index (χ1v) is 25.8. The molecule has 392 valence electrons. The quantitative estimate of drug-likeness (QED) is 0.0508. The number of hydrogen-bond acceptors (Lipinski definition) is 17. The van der Waals surface area contributed by atoms with Crippen LogP contribution in [0, 0.1) is 42.9 Å². The van der Waals surface area contributed by atoms with Gasteiger partial charge in [0.15, 0.2) is 5.75 Å². The number of hydrogen-bond donors (Lipinski definition) is 5. The number of aromatic hydroxyl groups is 2. The highest BCUT2D eigenvalue weighted by molar-refractivity contribution is 14.1. The highest BCUT2D eigenvalue weighted by atomic mass is 127. The molecule has 2 aromatic carbocycles. The van der Waals surface area contributed by atoms with E-state index in [4.69, 9.17) is 35.1 Å². The number of alkyl halides is 1. The van der Waals surface area contributed by atoms with E-state index in [-0.39, 0.29) is 69.1 Å². The molecule has 0 saturated carbocycles. The minimum atomic E-state index is -2.44. The number of methoxy groups -OCH3 is 1. The third-order valence-corrected chi connectivity index (χ3v) is 14.7. The molecule has 0 aromatic heterocycles. The molecule has 2 aromatic rings. The number of benzene rings is 2. The standard InChI is InChI=1S/C53H70IN5O13/c1-12-53-50(66)40-38-39(46(64)34(8)49(40)72-53)47(65)43(42-41(38)56-52(57-42)20-23-59(24-21-52)27-30(4)54)55-51(67)29(3)16-13-15-28(2)44(62)32(6)45(63)33(7)48(31(5)35(68-11)19-26-70-53)71-37(61)18-17-36(60)69-25-14-22-58(9)10/h1,13,15-16,19,26,28,30-33,35,44-45,48,56,62-65H,14,17-18,20-25,27H2,2-11H3/b15-13+,26-19+,29-16-,55-43?/t28-,30?,31+,32+,33+,35-,44-,45+,48+,53-/m0/s1. The van der Waals surface area contributed by atoms with Gasteiger partial charge in [0, 0.05) is 90.2 Å². The number of carbonyl (C=O) groups excluding carboxylic acids is 4. The molecular weight excluding hydrogens is 1040 g/mol. The van der Waals surface area contributed by atoms with Crippen molar-refractivity contribution in [2.24, 2.45) is 33.7 Å². The van der Waals surface area contributed by atoms with Gasteiger partial charge in [-0.1, -0.05) is 75.4 Å². The van der Waals surface area contributed by atoms with Crippen LogP contribution in [0.2, 0.25) is 0 Å². The lowest BCUT2D eigenvalue weighted by molar-refractivity contribution is -0.165. The van der Waals surface area contributed by atoms with Crippen LogP contribution in [0.15, 0.2) is 46.1 Å². The van der Waals surface area contributed by atoms with E-state index in [1.165, 1.54) is 33.1 Å². The highest BCUT2D eigenvalue weighted by Gasteiger charge is 2.53. The number of phenolic OH excluding ortho intramolecular Hbond substituents is 2. The zero-order chi connectivity index (χ0) is 53.0. The number of halogens is 1. The Labute approximate surface area is 434 Å². The molecule has 1 spiro atoms. The molecule has 18 nitrogen and oxygen atoms in total. The Morgan fingerprint density at radius 1 is 1.00 bits per heavy atom. The van der Waals surface area contributed by atoms with Crippen LogP contribution in [-0.4, -0.2) is 148 Å². The molecule has 1 saturated heterocycles. The summed E-state index contributed by atoms with van der Waals surface area (Å²) in [4.78, 5) is 68.9. The number of piperidine rings is 1. The molecule has 10 atom stereocenters. The topological polar surface area (TPSA) is 239 Å². The first-order valence-electron chi connectivity index (χ1n) is 24.5. The number of anilines is 1. The molecule has 4 heterocycles. The van der Waals surface area contributed by atoms with E-state index in [2.05, 4.69) is 50.6 Å². The summed E-state index contributed by atoms with van der Waals surface area (Å²) in [6.45, 7) is 15.1. The number of ether oxygens (including phenoxy) is 5. The minimum Gasteiger partial charge on any atom is -0.507 e. The lowest BCUT2D eigenvalue weighted by atomic mass is 9.78. The molecular formula is C53H70IN5O13. The number of esters is 2. The van der Waals surface area contributed by atoms with Gasteiger partial charge in [-0.15, -0.1) is 6.42 Å². The van der Waals surface area contributed by atoms with Gasteiger partial charge in [0.1, 0.15) is 34.0 Å². The number of aliphatic hydroxyl groups excluding tert-OH is 2. The number of allylic oxidation sites excluding steroid dienone is 2. The fourth-order valence-corrected chi connectivity index (χ4v) is 10.5. The third-order valence-electron chi connectivity index (χ3n) is 14.3. The van der Waals surface area contributed by atoms with E-state index in [1.807, 2.05) is 19.0 Å². The van der Waals surface area contributed by atoms with Crippen LogP contribution in [0.4, 0.5) is 5.69 Å². The second-order valence-corrected chi connectivity index (χ2v) is 22.1. The Kier molecular flexibility index (Phi) is 18.3. The van der Waals surface area contributed by atoms with Gasteiger partial charge in [0.25, 0.3) is 11.7 Å². The molecule has 4 bridgehead atoms. The molecule has 1 amide bonds. The minimum absolute atomic E-state index is 0.0458. The van der Waals surface area contributed by atoms with Crippen molar-refractivity contribution < 1.29 is 63.3 Å². The number of terminal acetylenes is 1. The normalized spacial score (nSPS) is 29.7. The summed E-state index contributed by atoms with van der Waals surface area (Å²) in [5.41, 5.74) is -0.579. The Hall–Kier alpha value is -5.11. The maximum absolute atomic E-state index is 15.0. The molecule has 1 fully saturated rings. The Morgan fingerprint density at radius 2 is 1.68 bits per heavy atom. The van der Waals surface area contributed by atoms with E-state index in [9.17, 15) is 39.6 Å². The molecule has 0 aliphatic carbocycles. The van der Waals surface area contributed by atoms with Crippen molar-refractivity contribution in [1.82, 2.24) is 9.80 Å². The molecule has 1 unspecified atom stereocenters. The van der Waals surface area contributed by atoms with Gasteiger partial charge in [0.05, 0.1) is 60.7 Å². The molecule has 19 heteroatoms. The summed E-state index contributed by atoms with van der Waals surface area (Å²) in [5, 5.41) is 50.9. The SMILES string of the molecule is C#C[C@@]12O/C=C/[C@H](OC)[C@@H](C)[C@@H](OC(=O)CCC(=O)OCCCN(C)C)[C@H](C)[C@H](O)[C@H](C)[C@@H](O)[C@@H](C)/C=C/C=C(/C)C(=O)N=c3c(O)c4c(O)c(C)c(c(c4c4c3=NC3(CCN(CC(C)I)CC3)N4)C1=O)O2. The van der Waals surface area contributed by atoms with Crippen LogP contribution in [0.5, 0.6) is 17.2 Å². The number of ketones is 1. The maximum atomic E-state index is 15.0. The van der Waals surface area contributed by atoms with E-state index in [0.717, 1.165) is 12.8 Å². The number of Topliss-reactive ketones (excluding diaryl/α,β-unsaturated/α-hetero) is 1. The molecule has 4 aliphatic rings. The second-order valence-electron chi connectivity index (χ2n) is 19.9. The number of likely N-dealkylation sites (tertiary alicyclic amines) is 1. The predicted molar refractivity (Wildman–Crippen MR) is 277 cm³/mol. The Bertz CT molecular complexity index is 2670. The summed E-state index contributed by atoms with van der Waals surface area (Å²) in [6, 6.07) is 0. The van der Waals surface area contributed by atoms with E-state index >= 15 is 0 Å². The zero-order valence-corrected chi connectivity index (χ0v) is 45.0. The lowest BCUT2D eigenvalue weighted by Crippen LogP contribution is -2.47. The van der Waals surface area contributed by atoms with Gasteiger partial charge < -0.3 is 59.2 Å². The Morgan fingerprint density at radius 3 is 2.32 bits per heavy atom. The first kappa shape index (κ1) is 56.2. The van der Waals surface area contributed by atoms with Crippen LogP contribution >= 0.6 is 22.6 Å².